The topological polar surface area (TPSA) is 40.8 Å². The lowest BCUT2D eigenvalue weighted by atomic mass is 9.91. The van der Waals surface area contributed by atoms with E-state index in [-0.39, 0.29) is 6.79 Å². The molecule has 0 spiro atoms. The summed E-state index contributed by atoms with van der Waals surface area (Å²) >= 11 is 0. The summed E-state index contributed by atoms with van der Waals surface area (Å²) in [5.41, 5.74) is 5.77. The van der Waals surface area contributed by atoms with Crippen LogP contribution in [-0.2, 0) is 7.05 Å². The number of hydrogen-bond acceptors (Lipinski definition) is 4. The van der Waals surface area contributed by atoms with Crippen LogP contribution in [0, 0.1) is 0 Å². The van der Waals surface area contributed by atoms with Gasteiger partial charge in [-0.05, 0) is 58.0 Å². The van der Waals surface area contributed by atoms with E-state index < -0.39 is 0 Å². The summed E-state index contributed by atoms with van der Waals surface area (Å²) in [6.45, 7) is 0.240. The third kappa shape index (κ3) is 3.36. The maximum atomic E-state index is 5.84. The number of aryl methyl sites for hydroxylation is 1. The van der Waals surface area contributed by atoms with Gasteiger partial charge in [0.05, 0.1) is 30.4 Å². The van der Waals surface area contributed by atoms with Crippen LogP contribution in [0.5, 0.6) is 23.0 Å². The molecule has 0 N–H and O–H groups in total. The maximum Gasteiger partial charge on any atom is 0.231 e. The molecular formula is C33H26NO4+. The first kappa shape index (κ1) is 22.4. The molecule has 0 saturated carbocycles. The number of hydrogen-bond donors (Lipinski definition) is 0. The molecule has 0 bridgehead atoms. The lowest BCUT2D eigenvalue weighted by Crippen LogP contribution is -2.29. The van der Waals surface area contributed by atoms with Gasteiger partial charge in [0.2, 0.25) is 12.3 Å². The van der Waals surface area contributed by atoms with Crippen LogP contribution in [-0.4, -0.2) is 21.0 Å². The number of fused-ring (bicyclic) bond motifs is 6. The lowest BCUT2D eigenvalue weighted by molar-refractivity contribution is -0.642. The molecule has 0 atom stereocenters. The Balaban J connectivity index is 1.58. The van der Waals surface area contributed by atoms with Crippen molar-refractivity contribution in [3.8, 4) is 45.3 Å². The van der Waals surface area contributed by atoms with Crippen molar-refractivity contribution in [2.45, 2.75) is 0 Å². The molecule has 5 aromatic carbocycles. The largest absolute Gasteiger partial charge is 0.493 e. The van der Waals surface area contributed by atoms with Crippen LogP contribution in [0.25, 0.3) is 54.7 Å². The van der Waals surface area contributed by atoms with E-state index in [9.17, 15) is 0 Å². The molecule has 1 aromatic heterocycles. The summed E-state index contributed by atoms with van der Waals surface area (Å²) in [6.07, 6.45) is 2.12. The second-order valence-corrected chi connectivity index (χ2v) is 9.52. The van der Waals surface area contributed by atoms with Gasteiger partial charge in [-0.25, -0.2) is 0 Å². The Bertz CT molecular complexity index is 1860. The van der Waals surface area contributed by atoms with Crippen LogP contribution in [0.4, 0.5) is 0 Å². The van der Waals surface area contributed by atoms with Gasteiger partial charge in [-0.3, -0.25) is 0 Å². The van der Waals surface area contributed by atoms with Gasteiger partial charge in [0.15, 0.2) is 29.2 Å². The molecule has 5 nitrogen and oxygen atoms in total. The van der Waals surface area contributed by atoms with Gasteiger partial charge >= 0.3 is 0 Å². The van der Waals surface area contributed by atoms with E-state index in [0.717, 1.165) is 60.8 Å². The highest BCUT2D eigenvalue weighted by atomic mass is 16.7. The first-order valence-electron chi connectivity index (χ1n) is 12.6. The van der Waals surface area contributed by atoms with Crippen LogP contribution < -0.4 is 23.5 Å². The van der Waals surface area contributed by atoms with E-state index in [0.29, 0.717) is 5.75 Å². The lowest BCUT2D eigenvalue weighted by Gasteiger charge is -2.15. The molecular weight excluding hydrogens is 474 g/mol. The first-order chi connectivity index (χ1) is 18.7. The van der Waals surface area contributed by atoms with Crippen molar-refractivity contribution in [3.05, 3.63) is 91.1 Å². The van der Waals surface area contributed by atoms with E-state index in [2.05, 4.69) is 90.6 Å². The van der Waals surface area contributed by atoms with Gasteiger partial charge in [0.1, 0.15) is 7.05 Å². The Morgan fingerprint density at radius 3 is 2.13 bits per heavy atom. The predicted molar refractivity (Wildman–Crippen MR) is 150 cm³/mol. The molecule has 0 amide bonds. The summed E-state index contributed by atoms with van der Waals surface area (Å²) in [6, 6.07) is 29.8. The molecule has 0 fully saturated rings. The third-order valence-corrected chi connectivity index (χ3v) is 7.44. The molecule has 1 aliphatic rings. The molecule has 7 rings (SSSR count). The van der Waals surface area contributed by atoms with E-state index in [4.69, 9.17) is 18.9 Å². The molecule has 1 aliphatic heterocycles. The Labute approximate surface area is 220 Å². The fourth-order valence-corrected chi connectivity index (χ4v) is 5.67. The Morgan fingerprint density at radius 2 is 1.39 bits per heavy atom. The zero-order valence-corrected chi connectivity index (χ0v) is 21.4. The van der Waals surface area contributed by atoms with Crippen molar-refractivity contribution < 1.29 is 23.5 Å². The molecule has 186 valence electrons. The van der Waals surface area contributed by atoms with Crippen molar-refractivity contribution in [1.82, 2.24) is 0 Å². The quantitative estimate of drug-likeness (QED) is 0.192. The summed E-state index contributed by atoms with van der Waals surface area (Å²) in [7, 11) is 5.43. The molecule has 0 saturated heterocycles. The second-order valence-electron chi connectivity index (χ2n) is 9.52. The summed E-state index contributed by atoms with van der Waals surface area (Å²) < 4.78 is 25.1. The molecule has 0 unspecified atom stereocenters. The van der Waals surface area contributed by atoms with Crippen molar-refractivity contribution in [2.24, 2.45) is 7.05 Å². The zero-order chi connectivity index (χ0) is 25.8. The number of ether oxygens (including phenoxy) is 4. The zero-order valence-electron chi connectivity index (χ0n) is 21.4. The number of pyridine rings is 1. The normalized spacial score (nSPS) is 12.4. The summed E-state index contributed by atoms with van der Waals surface area (Å²) in [5.74, 6) is 2.97. The van der Waals surface area contributed by atoms with Crippen LogP contribution in [0.2, 0.25) is 0 Å². The van der Waals surface area contributed by atoms with Gasteiger partial charge in [0, 0.05) is 5.39 Å². The second kappa shape index (κ2) is 8.67. The van der Waals surface area contributed by atoms with Crippen LogP contribution >= 0.6 is 0 Å². The molecule has 38 heavy (non-hydrogen) atoms. The maximum absolute atomic E-state index is 5.84. The molecule has 0 aliphatic carbocycles. The minimum Gasteiger partial charge on any atom is -0.493 e. The van der Waals surface area contributed by atoms with Gasteiger partial charge < -0.3 is 18.9 Å². The smallest absolute Gasteiger partial charge is 0.231 e. The Kier molecular flexibility index (Phi) is 5.11. The van der Waals surface area contributed by atoms with Crippen LogP contribution in [0.1, 0.15) is 0 Å². The monoisotopic (exact) mass is 500 g/mol. The molecule has 2 heterocycles. The van der Waals surface area contributed by atoms with Gasteiger partial charge in [-0.15, -0.1) is 0 Å². The number of benzene rings is 5. The SMILES string of the molecule is COc1ccc2c(c[n+](C)c3c4cc5c(cc4cc(-c4ccc(-c6ccccc6)cc4)c23)OCO5)c1OC. The van der Waals surface area contributed by atoms with E-state index in [1.807, 2.05) is 12.1 Å². The van der Waals surface area contributed by atoms with Crippen LogP contribution in [0.3, 0.4) is 0 Å². The number of nitrogens with zero attached hydrogens (tertiary/aromatic N) is 1. The minimum absolute atomic E-state index is 0.240. The summed E-state index contributed by atoms with van der Waals surface area (Å²) in [5, 5.41) is 5.43. The van der Waals surface area contributed by atoms with Gasteiger partial charge in [-0.1, -0.05) is 54.6 Å². The van der Waals surface area contributed by atoms with Crippen molar-refractivity contribution in [2.75, 3.05) is 21.0 Å². The summed E-state index contributed by atoms with van der Waals surface area (Å²) in [4.78, 5) is 0. The first-order valence-corrected chi connectivity index (χ1v) is 12.6. The minimum atomic E-state index is 0.240. The molecule has 5 heteroatoms. The number of rotatable bonds is 4. The van der Waals surface area contributed by atoms with Crippen LogP contribution in [0.15, 0.2) is 91.1 Å². The van der Waals surface area contributed by atoms with E-state index >= 15 is 0 Å². The highest BCUT2D eigenvalue weighted by Crippen LogP contribution is 2.45. The fraction of sp³-hybridized carbons (Fsp3) is 0.121. The van der Waals surface area contributed by atoms with Crippen molar-refractivity contribution >= 4 is 32.4 Å². The number of aromatic nitrogens is 1. The average Bonchev–Trinajstić information content (AvgIpc) is 3.42. The van der Waals surface area contributed by atoms with Gasteiger partial charge in [-0.2, -0.15) is 4.57 Å². The highest BCUT2D eigenvalue weighted by molar-refractivity contribution is 6.21. The third-order valence-electron chi connectivity index (χ3n) is 7.44. The number of methoxy groups -OCH3 is 2. The molecule has 0 radical (unpaired) electrons. The van der Waals surface area contributed by atoms with E-state index in [1.54, 1.807) is 14.2 Å². The standard InChI is InChI=1S/C33H26NO4/c1-34-18-27-24(13-14-28(35-2)33(27)36-3)31-25(22-11-9-21(10-12-22)20-7-5-4-6-8-20)15-23-16-29-30(38-19-37-29)17-26(23)32(31)34/h4-18H,19H2,1-3H3/q+1. The Hall–Kier alpha value is -4.77. The molecule has 6 aromatic rings. The average molecular weight is 501 g/mol. The van der Waals surface area contributed by atoms with Crippen molar-refractivity contribution in [1.29, 1.82) is 0 Å². The highest BCUT2D eigenvalue weighted by Gasteiger charge is 2.25. The Morgan fingerprint density at radius 1 is 0.684 bits per heavy atom. The predicted octanol–water partition coefficient (Wildman–Crippen LogP) is 7.05. The van der Waals surface area contributed by atoms with Gasteiger partial charge in [0.25, 0.3) is 0 Å². The fourth-order valence-electron chi connectivity index (χ4n) is 5.67. The van der Waals surface area contributed by atoms with E-state index in [1.165, 1.54) is 11.1 Å². The van der Waals surface area contributed by atoms with Crippen molar-refractivity contribution in [3.63, 3.8) is 0 Å².